The maximum atomic E-state index is 13.0. The van der Waals surface area contributed by atoms with Gasteiger partial charge in [0.2, 0.25) is 11.7 Å². The molecule has 218 valence electrons. The van der Waals surface area contributed by atoms with Crippen molar-refractivity contribution < 1.29 is 42.0 Å². The number of thioether (sulfide) groups is 1. The van der Waals surface area contributed by atoms with Gasteiger partial charge in [-0.1, -0.05) is 24.3 Å². The summed E-state index contributed by atoms with van der Waals surface area (Å²) in [6.07, 6.45) is -3.39. The highest BCUT2D eigenvalue weighted by atomic mass is 32.2. The molecule has 0 unspecified atom stereocenters. The van der Waals surface area contributed by atoms with Crippen molar-refractivity contribution in [3.63, 3.8) is 0 Å². The van der Waals surface area contributed by atoms with Crippen LogP contribution in [0.25, 0.3) is 6.08 Å². The van der Waals surface area contributed by atoms with Crippen LogP contribution < -0.4 is 14.8 Å². The van der Waals surface area contributed by atoms with E-state index in [4.69, 9.17) is 9.47 Å². The van der Waals surface area contributed by atoms with E-state index in [9.17, 15) is 37.7 Å². The van der Waals surface area contributed by atoms with Crippen molar-refractivity contribution in [1.82, 2.24) is 4.90 Å². The average molecular weight is 602 g/mol. The number of benzene rings is 3. The molecule has 10 nitrogen and oxygen atoms in total. The first-order valence-electron chi connectivity index (χ1n) is 12.3. The predicted octanol–water partition coefficient (Wildman–Crippen LogP) is 6.79. The van der Waals surface area contributed by atoms with E-state index in [0.717, 1.165) is 16.5 Å². The van der Waals surface area contributed by atoms with Crippen molar-refractivity contribution in [3.8, 4) is 17.2 Å². The number of rotatable bonds is 9. The summed E-state index contributed by atoms with van der Waals surface area (Å²) in [5, 5.41) is 13.5. The first kappa shape index (κ1) is 30.1. The predicted molar refractivity (Wildman–Crippen MR) is 148 cm³/mol. The van der Waals surface area contributed by atoms with Crippen LogP contribution >= 0.6 is 11.8 Å². The van der Waals surface area contributed by atoms with Gasteiger partial charge in [0.25, 0.3) is 11.1 Å². The van der Waals surface area contributed by atoms with E-state index in [1.807, 2.05) is 0 Å². The molecule has 0 bridgehead atoms. The number of alkyl halides is 3. The second-order valence-corrected chi connectivity index (χ2v) is 9.80. The largest absolute Gasteiger partial charge is 0.490 e. The molecule has 0 aliphatic carbocycles. The number of hydrogen-bond acceptors (Lipinski definition) is 8. The maximum absolute atomic E-state index is 13.0. The Kier molecular flexibility index (Phi) is 8.85. The van der Waals surface area contributed by atoms with Crippen LogP contribution in [0.5, 0.6) is 17.2 Å². The monoisotopic (exact) mass is 601 g/mol. The summed E-state index contributed by atoms with van der Waals surface area (Å²) in [5.41, 5.74) is -0.342. The molecule has 0 radical (unpaired) electrons. The Bertz CT molecular complexity index is 1610. The molecule has 14 heteroatoms. The molecular weight excluding hydrogens is 579 g/mol. The van der Waals surface area contributed by atoms with Gasteiger partial charge in [0.05, 0.1) is 22.0 Å². The number of amides is 3. The summed E-state index contributed by atoms with van der Waals surface area (Å²) in [6.45, 7) is 3.11. The van der Waals surface area contributed by atoms with E-state index in [1.54, 1.807) is 38.1 Å². The number of anilines is 1. The van der Waals surface area contributed by atoms with Gasteiger partial charge in [-0.3, -0.25) is 29.4 Å². The molecule has 1 N–H and O–H groups in total. The van der Waals surface area contributed by atoms with E-state index in [2.05, 4.69) is 5.32 Å². The standard InChI is InChI=1S/C28H22F3N3O7S/c1-3-40-23-12-17(8-10-22(23)41-21-11-9-18(28(29,30)31)14-20(21)34(38)39)13-24-26(36)33(27(37)42-24)15-25(35)32-19-7-5-4-6-16(19)2/h4-14H,3,15H2,1-2H3,(H,32,35)/b24-13+. The van der Waals surface area contributed by atoms with Crippen LogP contribution in [0.15, 0.2) is 65.6 Å². The van der Waals surface area contributed by atoms with Gasteiger partial charge in [-0.15, -0.1) is 0 Å². The number of carbonyl (C=O) groups excluding carboxylic acids is 3. The second-order valence-electron chi connectivity index (χ2n) is 8.81. The highest BCUT2D eigenvalue weighted by Gasteiger charge is 2.37. The fraction of sp³-hybridized carbons (Fsp3) is 0.179. The molecular formula is C28H22F3N3O7S. The minimum atomic E-state index is -4.79. The number of nitrogens with zero attached hydrogens (tertiary/aromatic N) is 2. The Labute approximate surface area is 241 Å². The number of nitrogens with one attached hydrogen (secondary N) is 1. The maximum Gasteiger partial charge on any atom is 0.416 e. The van der Waals surface area contributed by atoms with Gasteiger partial charge >= 0.3 is 11.9 Å². The lowest BCUT2D eigenvalue weighted by atomic mass is 10.1. The van der Waals surface area contributed by atoms with E-state index >= 15 is 0 Å². The molecule has 1 aliphatic rings. The Hall–Kier alpha value is -4.85. The molecule has 1 heterocycles. The lowest BCUT2D eigenvalue weighted by Gasteiger charge is -2.14. The Morgan fingerprint density at radius 1 is 1.07 bits per heavy atom. The van der Waals surface area contributed by atoms with E-state index in [1.165, 1.54) is 24.3 Å². The van der Waals surface area contributed by atoms with Crippen molar-refractivity contribution in [1.29, 1.82) is 0 Å². The van der Waals surface area contributed by atoms with Gasteiger partial charge in [-0.2, -0.15) is 13.2 Å². The number of nitro groups is 1. The Balaban J connectivity index is 1.54. The first-order valence-corrected chi connectivity index (χ1v) is 13.1. The number of nitro benzene ring substituents is 1. The van der Waals surface area contributed by atoms with Crippen LogP contribution in [-0.2, 0) is 15.8 Å². The fourth-order valence-electron chi connectivity index (χ4n) is 3.84. The van der Waals surface area contributed by atoms with Crippen molar-refractivity contribution in [2.24, 2.45) is 0 Å². The minimum absolute atomic E-state index is 0.0298. The average Bonchev–Trinajstić information content (AvgIpc) is 3.18. The van der Waals surface area contributed by atoms with Crippen molar-refractivity contribution in [2.45, 2.75) is 20.0 Å². The Morgan fingerprint density at radius 3 is 2.45 bits per heavy atom. The van der Waals surface area contributed by atoms with E-state index in [0.29, 0.717) is 35.1 Å². The number of halogens is 3. The van der Waals surface area contributed by atoms with Crippen LogP contribution in [0, 0.1) is 17.0 Å². The summed E-state index contributed by atoms with van der Waals surface area (Å²) in [4.78, 5) is 49.2. The van der Waals surface area contributed by atoms with Crippen LogP contribution in [0.4, 0.5) is 29.3 Å². The third kappa shape index (κ3) is 6.89. The van der Waals surface area contributed by atoms with Crippen LogP contribution in [0.3, 0.4) is 0 Å². The third-order valence-electron chi connectivity index (χ3n) is 5.86. The van der Waals surface area contributed by atoms with Crippen molar-refractivity contribution in [3.05, 3.63) is 92.4 Å². The van der Waals surface area contributed by atoms with E-state index in [-0.39, 0.29) is 23.0 Å². The van der Waals surface area contributed by atoms with Gasteiger partial charge in [-0.05, 0) is 73.1 Å². The smallest absolute Gasteiger partial charge is 0.416 e. The van der Waals surface area contributed by atoms with Gasteiger partial charge in [-0.25, -0.2) is 0 Å². The van der Waals surface area contributed by atoms with Gasteiger partial charge < -0.3 is 14.8 Å². The zero-order valence-electron chi connectivity index (χ0n) is 22.1. The van der Waals surface area contributed by atoms with Crippen LogP contribution in [-0.4, -0.2) is 40.0 Å². The highest BCUT2D eigenvalue weighted by Crippen LogP contribution is 2.41. The Morgan fingerprint density at radius 2 is 1.79 bits per heavy atom. The topological polar surface area (TPSA) is 128 Å². The molecule has 3 amide bonds. The highest BCUT2D eigenvalue weighted by molar-refractivity contribution is 8.18. The number of ether oxygens (including phenoxy) is 2. The lowest BCUT2D eigenvalue weighted by molar-refractivity contribution is -0.385. The number of para-hydroxylation sites is 1. The fourth-order valence-corrected chi connectivity index (χ4v) is 4.68. The molecule has 0 aromatic heterocycles. The summed E-state index contributed by atoms with van der Waals surface area (Å²) < 4.78 is 50.3. The van der Waals surface area contributed by atoms with E-state index < -0.39 is 51.7 Å². The normalized spacial score (nSPS) is 14.3. The summed E-state index contributed by atoms with van der Waals surface area (Å²) >= 11 is 0.642. The van der Waals surface area contributed by atoms with Crippen LogP contribution in [0.1, 0.15) is 23.6 Å². The number of imide groups is 1. The number of aryl methyl sites for hydroxylation is 1. The second kappa shape index (κ2) is 12.3. The third-order valence-corrected chi connectivity index (χ3v) is 6.77. The number of carbonyl (C=O) groups is 3. The molecule has 1 aliphatic heterocycles. The molecule has 42 heavy (non-hydrogen) atoms. The molecule has 4 rings (SSSR count). The lowest BCUT2D eigenvalue weighted by Crippen LogP contribution is -2.36. The molecule has 0 atom stereocenters. The minimum Gasteiger partial charge on any atom is -0.490 e. The zero-order chi connectivity index (χ0) is 30.6. The summed E-state index contributed by atoms with van der Waals surface area (Å²) in [5.74, 6) is -1.61. The molecule has 1 saturated heterocycles. The van der Waals surface area contributed by atoms with Gasteiger partial charge in [0.15, 0.2) is 11.5 Å². The van der Waals surface area contributed by atoms with Crippen molar-refractivity contribution >= 4 is 46.3 Å². The molecule has 0 saturated carbocycles. The SMILES string of the molecule is CCOc1cc(/C=C2/SC(=O)N(CC(=O)Nc3ccccc3C)C2=O)ccc1Oc1ccc(C(F)(F)F)cc1[N+](=O)[O-]. The zero-order valence-corrected chi connectivity index (χ0v) is 22.9. The van der Waals surface area contributed by atoms with Gasteiger partial charge in [0, 0.05) is 11.8 Å². The van der Waals surface area contributed by atoms with Crippen LogP contribution in [0.2, 0.25) is 0 Å². The molecule has 3 aromatic carbocycles. The molecule has 0 spiro atoms. The molecule has 3 aromatic rings. The first-order chi connectivity index (χ1) is 19.9. The summed E-state index contributed by atoms with van der Waals surface area (Å²) in [7, 11) is 0. The summed E-state index contributed by atoms with van der Waals surface area (Å²) in [6, 6.07) is 13.2. The molecule has 1 fully saturated rings. The quantitative estimate of drug-likeness (QED) is 0.161. The van der Waals surface area contributed by atoms with Gasteiger partial charge in [0.1, 0.15) is 6.54 Å². The number of hydrogen-bond donors (Lipinski definition) is 1. The van der Waals surface area contributed by atoms with Crippen molar-refractivity contribution in [2.75, 3.05) is 18.5 Å².